The summed E-state index contributed by atoms with van der Waals surface area (Å²) in [5.74, 6) is 0.0101. The Balaban J connectivity index is 2.44. The first kappa shape index (κ1) is 15.4. The van der Waals surface area contributed by atoms with Crippen LogP contribution in [0.4, 0.5) is 5.69 Å². The van der Waals surface area contributed by atoms with E-state index in [1.165, 1.54) is 6.20 Å². The summed E-state index contributed by atoms with van der Waals surface area (Å²) in [6.45, 7) is 4.11. The molecule has 0 saturated carbocycles. The summed E-state index contributed by atoms with van der Waals surface area (Å²) in [5.41, 5.74) is 1.92. The third kappa shape index (κ3) is 3.05. The number of carboxylic acid groups (broad SMARTS) is 1. The van der Waals surface area contributed by atoms with Crippen LogP contribution in [-0.2, 0) is 17.8 Å². The topological polar surface area (TPSA) is 97.1 Å². The average molecular weight is 310 g/mol. The van der Waals surface area contributed by atoms with E-state index in [1.807, 2.05) is 13.8 Å². The molecule has 0 spiro atoms. The minimum absolute atomic E-state index is 0.0980. The van der Waals surface area contributed by atoms with E-state index in [-0.39, 0.29) is 5.56 Å². The van der Waals surface area contributed by atoms with E-state index < -0.39 is 16.8 Å². The maximum absolute atomic E-state index is 11.5. The molecule has 21 heavy (non-hydrogen) atoms. The molecule has 0 aliphatic rings. The molecule has 0 aliphatic heterocycles. The number of nitrogens with zero attached hydrogens (tertiary/aromatic N) is 3. The summed E-state index contributed by atoms with van der Waals surface area (Å²) in [5, 5.41) is 17.4. The number of aryl methyl sites for hydroxylation is 2. The van der Waals surface area contributed by atoms with Crippen molar-refractivity contribution in [2.45, 2.75) is 13.8 Å². The Morgan fingerprint density at radius 1 is 1.52 bits per heavy atom. The lowest BCUT2D eigenvalue weighted by Gasteiger charge is -2.11. The van der Waals surface area contributed by atoms with Crippen LogP contribution < -0.4 is 5.32 Å². The lowest BCUT2D eigenvalue weighted by molar-refractivity contribution is 0.0697. The van der Waals surface area contributed by atoms with Crippen molar-refractivity contribution in [1.29, 1.82) is 0 Å². The van der Waals surface area contributed by atoms with Gasteiger partial charge in [-0.3, -0.25) is 8.89 Å². The van der Waals surface area contributed by atoms with Crippen LogP contribution in [-0.4, -0.2) is 48.1 Å². The fraction of sp³-hybridized carbons (Fsp3) is 0.462. The largest absolute Gasteiger partial charge is 0.478 e. The highest BCUT2D eigenvalue weighted by Gasteiger charge is 2.19. The van der Waals surface area contributed by atoms with Gasteiger partial charge in [-0.05, 0) is 6.92 Å². The highest BCUT2D eigenvalue weighted by Crippen LogP contribution is 2.28. The van der Waals surface area contributed by atoms with Crippen molar-refractivity contribution in [3.8, 4) is 0 Å². The van der Waals surface area contributed by atoms with Gasteiger partial charge in [-0.15, -0.1) is 0 Å². The number of aromatic nitrogens is 3. The average Bonchev–Trinajstić information content (AvgIpc) is 2.73. The van der Waals surface area contributed by atoms with Gasteiger partial charge in [0.2, 0.25) is 0 Å². The van der Waals surface area contributed by atoms with Crippen molar-refractivity contribution in [2.24, 2.45) is 7.05 Å². The molecule has 0 aromatic carbocycles. The zero-order valence-corrected chi connectivity index (χ0v) is 13.0. The van der Waals surface area contributed by atoms with Crippen molar-refractivity contribution >= 4 is 33.5 Å². The van der Waals surface area contributed by atoms with Crippen LogP contribution in [0, 0.1) is 6.92 Å². The fourth-order valence-corrected chi connectivity index (χ4v) is 2.81. The molecule has 2 rings (SSSR count). The summed E-state index contributed by atoms with van der Waals surface area (Å²) in [4.78, 5) is 15.5. The normalized spacial score (nSPS) is 12.5. The number of pyridine rings is 1. The molecular formula is C13H18N4O3S. The van der Waals surface area contributed by atoms with Crippen LogP contribution in [0.5, 0.6) is 0 Å². The summed E-state index contributed by atoms with van der Waals surface area (Å²) < 4.78 is 13.1. The molecule has 1 atom stereocenters. The van der Waals surface area contributed by atoms with E-state index in [4.69, 9.17) is 0 Å². The molecule has 0 fully saturated rings. The molecule has 2 aromatic rings. The first-order valence-electron chi connectivity index (χ1n) is 6.60. The van der Waals surface area contributed by atoms with E-state index >= 15 is 0 Å². The van der Waals surface area contributed by atoms with Crippen molar-refractivity contribution in [3.05, 3.63) is 17.5 Å². The summed E-state index contributed by atoms with van der Waals surface area (Å²) in [6.07, 6.45) is 1.32. The number of carboxylic acids is 1. The van der Waals surface area contributed by atoms with Crippen LogP contribution in [0.1, 0.15) is 23.0 Å². The minimum Gasteiger partial charge on any atom is -0.478 e. The smallest absolute Gasteiger partial charge is 0.339 e. The quantitative estimate of drug-likeness (QED) is 0.831. The first-order valence-corrected chi connectivity index (χ1v) is 8.09. The Morgan fingerprint density at radius 2 is 2.24 bits per heavy atom. The maximum Gasteiger partial charge on any atom is 0.339 e. The van der Waals surface area contributed by atoms with Gasteiger partial charge in [0.05, 0.1) is 16.8 Å². The highest BCUT2D eigenvalue weighted by molar-refractivity contribution is 7.84. The Labute approximate surface area is 124 Å². The zero-order valence-electron chi connectivity index (χ0n) is 12.2. The lowest BCUT2D eigenvalue weighted by Crippen LogP contribution is -2.15. The number of anilines is 1. The number of carbonyl (C=O) groups is 1. The molecule has 0 amide bonds. The molecule has 8 heteroatoms. The molecule has 0 radical (unpaired) electrons. The lowest BCUT2D eigenvalue weighted by atomic mass is 10.1. The number of hydrogen-bond donors (Lipinski definition) is 2. The summed E-state index contributed by atoms with van der Waals surface area (Å²) >= 11 is 0. The third-order valence-corrected chi connectivity index (χ3v) is 4.51. The van der Waals surface area contributed by atoms with E-state index in [0.717, 1.165) is 0 Å². The maximum atomic E-state index is 11.5. The van der Waals surface area contributed by atoms with E-state index in [2.05, 4.69) is 15.4 Å². The zero-order chi connectivity index (χ0) is 15.6. The van der Waals surface area contributed by atoms with Crippen molar-refractivity contribution in [3.63, 3.8) is 0 Å². The van der Waals surface area contributed by atoms with Crippen molar-refractivity contribution in [2.75, 3.05) is 23.4 Å². The molecule has 114 valence electrons. The predicted octanol–water partition coefficient (Wildman–Crippen LogP) is 1.16. The molecule has 1 unspecified atom stereocenters. The Kier molecular flexibility index (Phi) is 4.56. The van der Waals surface area contributed by atoms with Gasteiger partial charge >= 0.3 is 5.97 Å². The molecule has 7 nitrogen and oxygen atoms in total. The van der Waals surface area contributed by atoms with Crippen LogP contribution in [0.3, 0.4) is 0 Å². The number of rotatable bonds is 6. The second-order valence-electron chi connectivity index (χ2n) is 4.62. The van der Waals surface area contributed by atoms with E-state index in [0.29, 0.717) is 40.5 Å². The van der Waals surface area contributed by atoms with Crippen LogP contribution >= 0.6 is 0 Å². The van der Waals surface area contributed by atoms with Gasteiger partial charge in [0.15, 0.2) is 5.65 Å². The van der Waals surface area contributed by atoms with Gasteiger partial charge in [-0.25, -0.2) is 9.78 Å². The molecule has 2 N–H and O–H groups in total. The van der Waals surface area contributed by atoms with Gasteiger partial charge in [-0.1, -0.05) is 6.92 Å². The molecule has 0 aliphatic carbocycles. The van der Waals surface area contributed by atoms with Gasteiger partial charge in [0.1, 0.15) is 5.56 Å². The molecule has 2 heterocycles. The van der Waals surface area contributed by atoms with Gasteiger partial charge in [-0.2, -0.15) is 5.10 Å². The van der Waals surface area contributed by atoms with Gasteiger partial charge < -0.3 is 10.4 Å². The number of fused-ring (bicyclic) bond motifs is 1. The highest BCUT2D eigenvalue weighted by atomic mass is 32.2. The number of hydrogen-bond acceptors (Lipinski definition) is 5. The summed E-state index contributed by atoms with van der Waals surface area (Å²) in [7, 11) is 0.864. The monoisotopic (exact) mass is 310 g/mol. The SMILES string of the molecule is CCS(=O)CCNc1c(C(=O)O)cnc2c1c(C)nn2C. The molecular weight excluding hydrogens is 292 g/mol. The van der Waals surface area contributed by atoms with Crippen molar-refractivity contribution in [1.82, 2.24) is 14.8 Å². The van der Waals surface area contributed by atoms with Crippen LogP contribution in [0.2, 0.25) is 0 Å². The minimum atomic E-state index is -1.05. The Morgan fingerprint density at radius 3 is 2.86 bits per heavy atom. The molecule has 0 saturated heterocycles. The van der Waals surface area contributed by atoms with Crippen LogP contribution in [0.15, 0.2) is 6.20 Å². The van der Waals surface area contributed by atoms with E-state index in [1.54, 1.807) is 11.7 Å². The van der Waals surface area contributed by atoms with Crippen LogP contribution in [0.25, 0.3) is 11.0 Å². The first-order chi connectivity index (χ1) is 9.95. The standard InChI is InChI=1S/C13H18N4O3S/c1-4-21(20)6-5-14-11-9(13(18)19)7-15-12-10(11)8(2)16-17(12)3/h7H,4-6H2,1-3H3,(H,14,15)(H,18,19). The second-order valence-corrected chi connectivity index (χ2v) is 6.48. The van der Waals surface area contributed by atoms with Crippen molar-refractivity contribution < 1.29 is 14.1 Å². The molecule has 2 aromatic heterocycles. The predicted molar refractivity (Wildman–Crippen MR) is 82.2 cm³/mol. The van der Waals surface area contributed by atoms with E-state index in [9.17, 15) is 14.1 Å². The van der Waals surface area contributed by atoms with Gasteiger partial charge in [0, 0.05) is 42.1 Å². The second kappa shape index (κ2) is 6.21. The Bertz CT molecular complexity index is 711. The fourth-order valence-electron chi connectivity index (χ4n) is 2.19. The number of aromatic carboxylic acids is 1. The summed E-state index contributed by atoms with van der Waals surface area (Å²) in [6, 6.07) is 0. The Hall–Kier alpha value is -1.96. The van der Waals surface area contributed by atoms with Gasteiger partial charge in [0.25, 0.3) is 0 Å². The number of nitrogens with one attached hydrogen (secondary N) is 1. The molecule has 0 bridgehead atoms. The third-order valence-electron chi connectivity index (χ3n) is 3.21.